The number of carbonyl (C=O) groups excluding carboxylic acids is 1. The minimum absolute atomic E-state index is 0.101. The Hall–Kier alpha value is -2.47. The van der Waals surface area contributed by atoms with Gasteiger partial charge in [-0.2, -0.15) is 0 Å². The number of carbonyl (C=O) groups is 1. The summed E-state index contributed by atoms with van der Waals surface area (Å²) in [6.07, 6.45) is 2.65. The van der Waals surface area contributed by atoms with E-state index in [1.807, 2.05) is 17.0 Å². The number of amides is 2. The number of urea groups is 1. The number of fused-ring (bicyclic) bond motifs is 1. The zero-order valence-corrected chi connectivity index (χ0v) is 16.2. The molecule has 1 saturated carbocycles. The first-order valence-electron chi connectivity index (χ1n) is 9.47. The number of benzene rings is 2. The first-order chi connectivity index (χ1) is 13.6. The maximum atomic E-state index is 13.1. The minimum Gasteiger partial charge on any atom is -0.486 e. The van der Waals surface area contributed by atoms with Crippen LogP contribution in [0.15, 0.2) is 36.4 Å². The lowest BCUT2D eigenvalue weighted by molar-refractivity contribution is 0.171. The third kappa shape index (κ3) is 4.50. The van der Waals surface area contributed by atoms with Crippen molar-refractivity contribution in [3.05, 3.63) is 58.4 Å². The van der Waals surface area contributed by atoms with E-state index in [0.29, 0.717) is 49.2 Å². The average molecular weight is 405 g/mol. The van der Waals surface area contributed by atoms with E-state index in [2.05, 4.69) is 5.32 Å². The lowest BCUT2D eigenvalue weighted by Gasteiger charge is -2.23. The highest BCUT2D eigenvalue weighted by Gasteiger charge is 2.32. The summed E-state index contributed by atoms with van der Waals surface area (Å²) in [7, 11) is 0. The van der Waals surface area contributed by atoms with Crippen LogP contribution in [0.25, 0.3) is 0 Å². The van der Waals surface area contributed by atoms with E-state index in [9.17, 15) is 9.18 Å². The van der Waals surface area contributed by atoms with Crippen LogP contribution in [-0.4, -0.2) is 36.7 Å². The fourth-order valence-corrected chi connectivity index (χ4v) is 3.55. The van der Waals surface area contributed by atoms with E-state index in [1.54, 1.807) is 12.1 Å². The highest BCUT2D eigenvalue weighted by Crippen LogP contribution is 2.38. The quantitative estimate of drug-likeness (QED) is 0.786. The second kappa shape index (κ2) is 8.27. The van der Waals surface area contributed by atoms with Crippen molar-refractivity contribution in [1.29, 1.82) is 0 Å². The van der Waals surface area contributed by atoms with E-state index in [0.717, 1.165) is 24.0 Å². The summed E-state index contributed by atoms with van der Waals surface area (Å²) in [5.41, 5.74) is 1.90. The summed E-state index contributed by atoms with van der Waals surface area (Å²) >= 11 is 6.26. The van der Waals surface area contributed by atoms with Crippen LogP contribution in [-0.2, 0) is 13.0 Å². The number of nitrogens with one attached hydrogen (secondary N) is 1. The Bertz CT molecular complexity index is 855. The number of halogens is 2. The Morgan fingerprint density at radius 3 is 2.64 bits per heavy atom. The highest BCUT2D eigenvalue weighted by atomic mass is 35.5. The summed E-state index contributed by atoms with van der Waals surface area (Å²) in [5, 5.41) is 3.50. The Balaban J connectivity index is 1.34. The number of ether oxygens (including phenoxy) is 2. The van der Waals surface area contributed by atoms with Crippen LogP contribution in [0.4, 0.5) is 9.18 Å². The summed E-state index contributed by atoms with van der Waals surface area (Å²) in [4.78, 5) is 14.5. The van der Waals surface area contributed by atoms with Crippen molar-refractivity contribution in [2.45, 2.75) is 31.8 Å². The van der Waals surface area contributed by atoms with Gasteiger partial charge >= 0.3 is 6.03 Å². The van der Waals surface area contributed by atoms with Crippen LogP contribution in [0.1, 0.15) is 24.0 Å². The molecule has 0 spiro atoms. The Kier molecular flexibility index (Phi) is 5.57. The van der Waals surface area contributed by atoms with Crippen molar-refractivity contribution in [3.8, 4) is 11.5 Å². The largest absolute Gasteiger partial charge is 0.486 e. The van der Waals surface area contributed by atoms with Crippen molar-refractivity contribution in [2.75, 3.05) is 19.8 Å². The third-order valence-corrected chi connectivity index (χ3v) is 5.14. The second-order valence-electron chi connectivity index (χ2n) is 7.07. The summed E-state index contributed by atoms with van der Waals surface area (Å²) in [5.74, 6) is 0.958. The van der Waals surface area contributed by atoms with Crippen LogP contribution in [0.2, 0.25) is 5.02 Å². The molecule has 0 atom stereocenters. The molecule has 1 heterocycles. The SMILES string of the molecule is O=C(NCCc1cc(Cl)c2c(c1)OCCO2)N(Cc1ccc(F)cc1)C1CC1. The van der Waals surface area contributed by atoms with Gasteiger partial charge in [-0.3, -0.25) is 0 Å². The molecule has 4 rings (SSSR count). The van der Waals surface area contributed by atoms with Gasteiger partial charge in [-0.25, -0.2) is 9.18 Å². The van der Waals surface area contributed by atoms with Crippen molar-refractivity contribution < 1.29 is 18.7 Å². The number of hydrogen-bond acceptors (Lipinski definition) is 3. The van der Waals surface area contributed by atoms with Crippen molar-refractivity contribution in [1.82, 2.24) is 10.2 Å². The molecule has 1 N–H and O–H groups in total. The molecule has 2 aromatic carbocycles. The molecule has 5 nitrogen and oxygen atoms in total. The molecule has 0 aromatic heterocycles. The lowest BCUT2D eigenvalue weighted by Crippen LogP contribution is -2.41. The topological polar surface area (TPSA) is 50.8 Å². The molecule has 0 unspecified atom stereocenters. The number of nitrogens with zero attached hydrogens (tertiary/aromatic N) is 1. The molecule has 1 aliphatic heterocycles. The molecule has 7 heteroatoms. The maximum absolute atomic E-state index is 13.1. The van der Waals surface area contributed by atoms with Crippen molar-refractivity contribution in [2.24, 2.45) is 0 Å². The number of rotatable bonds is 6. The first kappa shape index (κ1) is 18.9. The van der Waals surface area contributed by atoms with E-state index in [4.69, 9.17) is 21.1 Å². The van der Waals surface area contributed by atoms with Gasteiger partial charge in [0.25, 0.3) is 0 Å². The molecule has 2 amide bonds. The van der Waals surface area contributed by atoms with Crippen LogP contribution < -0.4 is 14.8 Å². The molecule has 1 fully saturated rings. The predicted molar refractivity (Wildman–Crippen MR) is 105 cm³/mol. The van der Waals surface area contributed by atoms with Crippen LogP contribution in [0.3, 0.4) is 0 Å². The molecule has 0 radical (unpaired) electrons. The first-order valence-corrected chi connectivity index (χ1v) is 9.85. The Morgan fingerprint density at radius 2 is 1.89 bits per heavy atom. The van der Waals surface area contributed by atoms with Gasteiger partial charge in [0.05, 0.1) is 5.02 Å². The summed E-state index contributed by atoms with van der Waals surface area (Å²) in [6, 6.07) is 10.2. The van der Waals surface area contributed by atoms with E-state index in [1.165, 1.54) is 12.1 Å². The van der Waals surface area contributed by atoms with Gasteiger partial charge < -0.3 is 19.7 Å². The lowest BCUT2D eigenvalue weighted by atomic mass is 10.1. The Morgan fingerprint density at radius 1 is 1.14 bits per heavy atom. The van der Waals surface area contributed by atoms with Gasteiger partial charge in [-0.1, -0.05) is 23.7 Å². The zero-order chi connectivity index (χ0) is 19.5. The fraction of sp³-hybridized carbons (Fsp3) is 0.381. The van der Waals surface area contributed by atoms with Crippen molar-refractivity contribution >= 4 is 17.6 Å². The molecule has 2 aromatic rings. The monoisotopic (exact) mass is 404 g/mol. The van der Waals surface area contributed by atoms with E-state index in [-0.39, 0.29) is 17.9 Å². The van der Waals surface area contributed by atoms with Crippen LogP contribution in [0, 0.1) is 5.82 Å². The average Bonchev–Trinajstić information content (AvgIpc) is 3.52. The molecule has 28 heavy (non-hydrogen) atoms. The van der Waals surface area contributed by atoms with Crippen LogP contribution >= 0.6 is 11.6 Å². The van der Waals surface area contributed by atoms with Gasteiger partial charge in [-0.15, -0.1) is 0 Å². The molecule has 148 valence electrons. The second-order valence-corrected chi connectivity index (χ2v) is 7.48. The summed E-state index contributed by atoms with van der Waals surface area (Å²) < 4.78 is 24.2. The molecule has 0 saturated heterocycles. The van der Waals surface area contributed by atoms with Crippen LogP contribution in [0.5, 0.6) is 11.5 Å². The standard InChI is InChI=1S/C21H22ClFN2O3/c22-18-11-15(12-19-20(18)28-10-9-27-19)7-8-24-21(26)25(17-5-6-17)13-14-1-3-16(23)4-2-14/h1-4,11-12,17H,5-10,13H2,(H,24,26). The molecule has 0 bridgehead atoms. The van der Waals surface area contributed by atoms with Crippen molar-refractivity contribution in [3.63, 3.8) is 0 Å². The predicted octanol–water partition coefficient (Wildman–Crippen LogP) is 4.17. The van der Waals surface area contributed by atoms with Gasteiger partial charge in [0.1, 0.15) is 19.0 Å². The highest BCUT2D eigenvalue weighted by molar-refractivity contribution is 6.32. The van der Waals surface area contributed by atoms with Gasteiger partial charge in [0.15, 0.2) is 11.5 Å². The summed E-state index contributed by atoms with van der Waals surface area (Å²) in [6.45, 7) is 1.96. The number of hydrogen-bond donors (Lipinski definition) is 1. The zero-order valence-electron chi connectivity index (χ0n) is 15.4. The minimum atomic E-state index is -0.274. The normalized spacial score (nSPS) is 15.2. The van der Waals surface area contributed by atoms with E-state index >= 15 is 0 Å². The van der Waals surface area contributed by atoms with Gasteiger partial charge in [-0.05, 0) is 54.7 Å². The van der Waals surface area contributed by atoms with Gasteiger partial charge in [0.2, 0.25) is 0 Å². The van der Waals surface area contributed by atoms with Gasteiger partial charge in [0, 0.05) is 19.1 Å². The molecular weight excluding hydrogens is 383 g/mol. The smallest absolute Gasteiger partial charge is 0.317 e. The molecule has 2 aliphatic rings. The molecular formula is C21H22ClFN2O3. The fourth-order valence-electron chi connectivity index (χ4n) is 3.26. The molecule has 1 aliphatic carbocycles. The maximum Gasteiger partial charge on any atom is 0.317 e. The van der Waals surface area contributed by atoms with E-state index < -0.39 is 0 Å². The Labute approximate surface area is 168 Å². The third-order valence-electron chi connectivity index (χ3n) is 4.86.